The third kappa shape index (κ3) is 9.61. The number of carboxylic acid groups (broad SMARTS) is 2. The molecule has 3 amide bonds. The topological polar surface area (TPSA) is 188 Å². The number of amides is 3. The van der Waals surface area contributed by atoms with Crippen molar-refractivity contribution >= 4 is 42.3 Å². The number of carbonyl (C=O) groups is 5. The van der Waals surface area contributed by atoms with E-state index >= 15 is 0 Å². The van der Waals surface area contributed by atoms with E-state index in [1.54, 1.807) is 13.8 Å². The minimum Gasteiger partial charge on any atom is -0.481 e. The molecular weight excluding hydrogens is 404 g/mol. The van der Waals surface area contributed by atoms with Gasteiger partial charge in [-0.1, -0.05) is 20.3 Å². The molecular formula is C17H30N4O7S. The monoisotopic (exact) mass is 434 g/mol. The molecule has 0 aliphatic carbocycles. The van der Waals surface area contributed by atoms with Crippen molar-refractivity contribution in [3.8, 4) is 0 Å². The molecule has 5 unspecified atom stereocenters. The molecule has 0 saturated carbocycles. The first-order valence-corrected chi connectivity index (χ1v) is 9.79. The van der Waals surface area contributed by atoms with Gasteiger partial charge in [0, 0.05) is 12.2 Å². The summed E-state index contributed by atoms with van der Waals surface area (Å²) < 4.78 is 0. The van der Waals surface area contributed by atoms with Crippen LogP contribution in [0.25, 0.3) is 0 Å². The van der Waals surface area contributed by atoms with Gasteiger partial charge in [0.2, 0.25) is 17.7 Å². The van der Waals surface area contributed by atoms with Crippen LogP contribution in [0, 0.1) is 5.92 Å². The molecule has 166 valence electrons. The van der Waals surface area contributed by atoms with Gasteiger partial charge in [-0.15, -0.1) is 0 Å². The van der Waals surface area contributed by atoms with E-state index in [-0.39, 0.29) is 18.1 Å². The predicted octanol–water partition coefficient (Wildman–Crippen LogP) is -1.29. The van der Waals surface area contributed by atoms with Crippen LogP contribution in [0.3, 0.4) is 0 Å². The molecule has 0 aliphatic heterocycles. The Morgan fingerprint density at radius 1 is 0.966 bits per heavy atom. The lowest BCUT2D eigenvalue weighted by molar-refractivity contribution is -0.144. The summed E-state index contributed by atoms with van der Waals surface area (Å²) >= 11 is 3.89. The number of aliphatic carboxylic acids is 2. The average molecular weight is 435 g/mol. The maximum atomic E-state index is 12.5. The Kier molecular flexibility index (Phi) is 11.9. The van der Waals surface area contributed by atoms with Crippen LogP contribution in [0.1, 0.15) is 40.0 Å². The molecule has 7 N–H and O–H groups in total. The molecule has 5 atom stereocenters. The number of nitrogens with two attached hydrogens (primary N) is 1. The molecule has 0 aromatic rings. The molecule has 0 radical (unpaired) electrons. The lowest BCUT2D eigenvalue weighted by Crippen LogP contribution is -2.57. The fraction of sp³-hybridized carbons (Fsp3) is 0.706. The van der Waals surface area contributed by atoms with Crippen molar-refractivity contribution < 1.29 is 34.2 Å². The van der Waals surface area contributed by atoms with Gasteiger partial charge >= 0.3 is 11.9 Å². The van der Waals surface area contributed by atoms with Crippen LogP contribution in [0.4, 0.5) is 0 Å². The van der Waals surface area contributed by atoms with Crippen molar-refractivity contribution in [1.82, 2.24) is 16.0 Å². The lowest BCUT2D eigenvalue weighted by Gasteiger charge is -2.25. The van der Waals surface area contributed by atoms with Crippen molar-refractivity contribution in [2.45, 2.75) is 64.2 Å². The van der Waals surface area contributed by atoms with E-state index < -0.39 is 60.2 Å². The number of carboxylic acids is 2. The molecule has 0 aliphatic rings. The van der Waals surface area contributed by atoms with E-state index in [1.165, 1.54) is 6.92 Å². The van der Waals surface area contributed by atoms with Crippen molar-refractivity contribution in [3.05, 3.63) is 0 Å². The summed E-state index contributed by atoms with van der Waals surface area (Å²) in [7, 11) is 0. The summed E-state index contributed by atoms with van der Waals surface area (Å²) in [5, 5.41) is 25.2. The molecule has 0 saturated heterocycles. The van der Waals surface area contributed by atoms with Gasteiger partial charge in [-0.2, -0.15) is 12.6 Å². The fourth-order valence-corrected chi connectivity index (χ4v) is 2.41. The minimum absolute atomic E-state index is 0.0655. The van der Waals surface area contributed by atoms with Gasteiger partial charge in [0.25, 0.3) is 0 Å². The summed E-state index contributed by atoms with van der Waals surface area (Å²) in [5.74, 6) is -4.92. The molecule has 0 fully saturated rings. The summed E-state index contributed by atoms with van der Waals surface area (Å²) in [6.45, 7) is 4.77. The number of rotatable bonds is 13. The molecule has 0 bridgehead atoms. The van der Waals surface area contributed by atoms with E-state index in [0.717, 1.165) is 0 Å². The Hall–Kier alpha value is -2.34. The number of hydrogen-bond donors (Lipinski definition) is 7. The summed E-state index contributed by atoms with van der Waals surface area (Å²) in [6.07, 6.45) is -0.195. The van der Waals surface area contributed by atoms with Crippen molar-refractivity contribution in [3.63, 3.8) is 0 Å². The second-order valence-corrected chi connectivity index (χ2v) is 7.09. The highest BCUT2D eigenvalue weighted by Crippen LogP contribution is 2.09. The van der Waals surface area contributed by atoms with E-state index in [1.807, 2.05) is 0 Å². The number of thiol groups is 1. The van der Waals surface area contributed by atoms with Crippen LogP contribution < -0.4 is 21.7 Å². The van der Waals surface area contributed by atoms with E-state index in [9.17, 15) is 29.1 Å². The SMILES string of the molecule is CCC(C)C(NC(=O)C(CCC(=O)O)NC(=O)C(C)NC(=O)C(N)CS)C(=O)O. The molecule has 0 rings (SSSR count). The normalized spacial score (nSPS) is 15.9. The zero-order chi connectivity index (χ0) is 22.7. The van der Waals surface area contributed by atoms with Gasteiger partial charge in [0.1, 0.15) is 18.1 Å². The number of carbonyl (C=O) groups excluding carboxylic acids is 3. The zero-order valence-corrected chi connectivity index (χ0v) is 17.6. The summed E-state index contributed by atoms with van der Waals surface area (Å²) in [5.41, 5.74) is 5.51. The molecule has 0 aromatic heterocycles. The third-order valence-electron chi connectivity index (χ3n) is 4.34. The van der Waals surface area contributed by atoms with Gasteiger partial charge < -0.3 is 31.9 Å². The lowest BCUT2D eigenvalue weighted by atomic mass is 9.98. The molecule has 0 heterocycles. The Balaban J connectivity index is 5.22. The van der Waals surface area contributed by atoms with Gasteiger partial charge in [0.05, 0.1) is 6.04 Å². The van der Waals surface area contributed by atoms with Gasteiger partial charge in [-0.3, -0.25) is 19.2 Å². The number of nitrogens with one attached hydrogen (secondary N) is 3. The summed E-state index contributed by atoms with van der Waals surface area (Å²) in [4.78, 5) is 58.9. The Bertz CT molecular complexity index is 617. The summed E-state index contributed by atoms with van der Waals surface area (Å²) in [6, 6.07) is -4.46. The van der Waals surface area contributed by atoms with Gasteiger partial charge in [-0.25, -0.2) is 4.79 Å². The molecule has 12 heteroatoms. The minimum atomic E-state index is -1.29. The van der Waals surface area contributed by atoms with E-state index in [2.05, 4.69) is 28.6 Å². The van der Waals surface area contributed by atoms with Crippen LogP contribution in [0.5, 0.6) is 0 Å². The van der Waals surface area contributed by atoms with E-state index in [0.29, 0.717) is 6.42 Å². The van der Waals surface area contributed by atoms with Crippen LogP contribution in [0.2, 0.25) is 0 Å². The van der Waals surface area contributed by atoms with Crippen LogP contribution in [-0.4, -0.2) is 69.8 Å². The maximum Gasteiger partial charge on any atom is 0.326 e. The zero-order valence-electron chi connectivity index (χ0n) is 16.7. The smallest absolute Gasteiger partial charge is 0.326 e. The second-order valence-electron chi connectivity index (χ2n) is 6.72. The van der Waals surface area contributed by atoms with Crippen molar-refractivity contribution in [2.75, 3.05) is 5.75 Å². The van der Waals surface area contributed by atoms with E-state index in [4.69, 9.17) is 10.8 Å². The largest absolute Gasteiger partial charge is 0.481 e. The van der Waals surface area contributed by atoms with Crippen molar-refractivity contribution in [1.29, 1.82) is 0 Å². The standard InChI is InChI=1S/C17H30N4O7S/c1-4-8(2)13(17(27)28)21-16(26)11(5-6-12(22)23)20-14(24)9(3)19-15(25)10(18)7-29/h8-11,13,29H,4-7,18H2,1-3H3,(H,19,25)(H,20,24)(H,21,26)(H,22,23)(H,27,28). The third-order valence-corrected chi connectivity index (χ3v) is 4.74. The first kappa shape index (κ1) is 26.7. The van der Waals surface area contributed by atoms with Gasteiger partial charge in [-0.05, 0) is 19.3 Å². The Morgan fingerprint density at radius 3 is 2.00 bits per heavy atom. The highest BCUT2D eigenvalue weighted by atomic mass is 32.1. The predicted molar refractivity (Wildman–Crippen MR) is 107 cm³/mol. The first-order valence-electron chi connectivity index (χ1n) is 9.16. The molecule has 0 aromatic carbocycles. The highest BCUT2D eigenvalue weighted by molar-refractivity contribution is 7.80. The molecule has 0 spiro atoms. The Morgan fingerprint density at radius 2 is 1.55 bits per heavy atom. The fourth-order valence-electron chi connectivity index (χ4n) is 2.24. The quantitative estimate of drug-likeness (QED) is 0.174. The second kappa shape index (κ2) is 13.0. The Labute approximate surface area is 174 Å². The molecule has 11 nitrogen and oxygen atoms in total. The van der Waals surface area contributed by atoms with Crippen molar-refractivity contribution in [2.24, 2.45) is 11.7 Å². The molecule has 29 heavy (non-hydrogen) atoms. The highest BCUT2D eigenvalue weighted by Gasteiger charge is 2.31. The average Bonchev–Trinajstić information content (AvgIpc) is 2.66. The number of hydrogen-bond acceptors (Lipinski definition) is 7. The van der Waals surface area contributed by atoms with Crippen LogP contribution in [0.15, 0.2) is 0 Å². The van der Waals surface area contributed by atoms with Gasteiger partial charge in [0.15, 0.2) is 0 Å². The maximum absolute atomic E-state index is 12.5. The van der Waals surface area contributed by atoms with Crippen LogP contribution in [-0.2, 0) is 24.0 Å². The van der Waals surface area contributed by atoms with Crippen LogP contribution >= 0.6 is 12.6 Å². The first-order chi connectivity index (χ1) is 13.4.